The van der Waals surface area contributed by atoms with Crippen molar-refractivity contribution in [3.05, 3.63) is 60.8 Å². The Morgan fingerprint density at radius 3 is 1.92 bits per heavy atom. The molecule has 52 heavy (non-hydrogen) atoms. The fraction of sp³-hybridized carbons (Fsp3) is 0.738. The van der Waals surface area contributed by atoms with Crippen LogP contribution in [0.4, 0.5) is 0 Å². The molecule has 0 saturated carbocycles. The van der Waals surface area contributed by atoms with Gasteiger partial charge in [-0.2, -0.15) is 0 Å². The fourth-order valence-corrected chi connectivity index (χ4v) is 6.00. The van der Waals surface area contributed by atoms with Crippen molar-refractivity contribution in [3.63, 3.8) is 0 Å². The zero-order valence-corrected chi connectivity index (χ0v) is 34.5. The summed E-state index contributed by atoms with van der Waals surface area (Å²) in [6.07, 6.45) is 38.8. The number of carbonyl (C=O) groups is 1. The lowest BCUT2D eigenvalue weighted by atomic mass is 10.1. The molecule has 0 heterocycles. The van der Waals surface area contributed by atoms with E-state index in [1.54, 1.807) is 12.2 Å². The molecule has 0 rings (SSSR count). The van der Waals surface area contributed by atoms with E-state index < -0.39 is 32.7 Å². The number of hydrogen-bond acceptors (Lipinski definition) is 6. The summed E-state index contributed by atoms with van der Waals surface area (Å²) in [6, 6.07) is -0.940. The molecule has 0 spiro atoms. The number of aliphatic hydroxyl groups is 2. The van der Waals surface area contributed by atoms with E-state index in [2.05, 4.69) is 43.5 Å². The predicted octanol–water partition coefficient (Wildman–Crippen LogP) is 9.66. The van der Waals surface area contributed by atoms with E-state index in [4.69, 9.17) is 9.05 Å². The summed E-state index contributed by atoms with van der Waals surface area (Å²) in [5, 5.41) is 24.0. The lowest BCUT2D eigenvalue weighted by molar-refractivity contribution is -0.870. The SMILES string of the molecule is CCCCC/C=C\C/C=C\C/C=C\C=C\[C@H](O)CCCC(=O)N[C@@H](COP(=O)(O)OCC[N+](C)(C)C)[C@H](O)/C=C/CCCCCCCCCCCC. The first-order valence-electron chi connectivity index (χ1n) is 20.3. The quantitative estimate of drug-likeness (QED) is 0.0167. The lowest BCUT2D eigenvalue weighted by Gasteiger charge is -2.25. The van der Waals surface area contributed by atoms with Gasteiger partial charge in [0, 0.05) is 6.42 Å². The van der Waals surface area contributed by atoms with Gasteiger partial charge in [0.05, 0.1) is 46.0 Å². The van der Waals surface area contributed by atoms with Crippen LogP contribution in [-0.4, -0.2) is 84.6 Å². The molecule has 0 aromatic heterocycles. The minimum Gasteiger partial charge on any atom is -0.389 e. The van der Waals surface area contributed by atoms with E-state index in [-0.39, 0.29) is 18.9 Å². The number of likely N-dealkylation sites (N-methyl/N-ethyl adjacent to an activating group) is 1. The number of phosphoric acid groups is 1. The molecule has 0 saturated heterocycles. The maximum Gasteiger partial charge on any atom is 0.472 e. The molecule has 9 nitrogen and oxygen atoms in total. The number of nitrogens with one attached hydrogen (secondary N) is 1. The molecule has 0 radical (unpaired) electrons. The first-order valence-corrected chi connectivity index (χ1v) is 21.8. The number of unbranched alkanes of at least 4 members (excludes halogenated alkanes) is 13. The van der Waals surface area contributed by atoms with Crippen molar-refractivity contribution in [3.8, 4) is 0 Å². The second-order valence-electron chi connectivity index (χ2n) is 14.9. The first kappa shape index (κ1) is 50.2. The van der Waals surface area contributed by atoms with Crippen LogP contribution in [-0.2, 0) is 18.4 Å². The van der Waals surface area contributed by atoms with Crippen LogP contribution in [0.15, 0.2) is 60.8 Å². The summed E-state index contributed by atoms with van der Waals surface area (Å²) >= 11 is 0. The smallest absolute Gasteiger partial charge is 0.389 e. The Hall–Kier alpha value is -1.84. The Kier molecular flexibility index (Phi) is 32.5. The van der Waals surface area contributed by atoms with Crippen LogP contribution < -0.4 is 5.32 Å². The molecule has 0 fully saturated rings. The molecule has 0 aliphatic heterocycles. The monoisotopic (exact) mass is 754 g/mol. The van der Waals surface area contributed by atoms with Crippen molar-refractivity contribution in [1.29, 1.82) is 0 Å². The normalized spacial score (nSPS) is 15.8. The number of amides is 1. The number of quaternary nitrogens is 1. The zero-order valence-electron chi connectivity index (χ0n) is 33.6. The molecule has 0 bridgehead atoms. The molecule has 302 valence electrons. The molecule has 4 atom stereocenters. The highest BCUT2D eigenvalue weighted by Crippen LogP contribution is 2.43. The summed E-state index contributed by atoms with van der Waals surface area (Å²) in [5.41, 5.74) is 0. The van der Waals surface area contributed by atoms with Gasteiger partial charge in [-0.05, 0) is 51.4 Å². The van der Waals surface area contributed by atoms with Gasteiger partial charge in [0.15, 0.2) is 0 Å². The minimum absolute atomic E-state index is 0.0242. The van der Waals surface area contributed by atoms with Crippen LogP contribution in [0.25, 0.3) is 0 Å². The van der Waals surface area contributed by atoms with Gasteiger partial charge in [-0.15, -0.1) is 0 Å². The van der Waals surface area contributed by atoms with E-state index in [0.717, 1.165) is 38.5 Å². The second-order valence-corrected chi connectivity index (χ2v) is 16.3. The van der Waals surface area contributed by atoms with E-state index in [0.29, 0.717) is 23.9 Å². The largest absolute Gasteiger partial charge is 0.472 e. The molecule has 1 amide bonds. The third-order valence-corrected chi connectivity index (χ3v) is 9.57. The van der Waals surface area contributed by atoms with E-state index in [1.165, 1.54) is 70.6 Å². The second kappa shape index (κ2) is 33.7. The van der Waals surface area contributed by atoms with Gasteiger partial charge in [-0.3, -0.25) is 13.8 Å². The molecule has 0 aliphatic carbocycles. The average Bonchev–Trinajstić information content (AvgIpc) is 3.08. The van der Waals surface area contributed by atoms with Gasteiger partial charge in [0.2, 0.25) is 5.91 Å². The standard InChI is InChI=1S/C42H77N2O7P/c1-6-8-10-12-14-16-18-20-21-23-25-27-29-32-39(45)33-31-35-42(47)43-40(38-51-52(48,49)50-37-36-44(3,4)5)41(46)34-30-28-26-24-22-19-17-15-13-11-9-7-2/h14,16,20-21,25,27,29-30,32,34,39-41,45-46H,6-13,15,17-19,22-24,26,28,31,33,35-38H2,1-5H3,(H-,43,47,48,49)/p+1/b16-14-,21-20-,27-25-,32-29+,34-30+/t39-,40-,41+/m0/s1. The Morgan fingerprint density at radius 1 is 0.712 bits per heavy atom. The van der Waals surface area contributed by atoms with Gasteiger partial charge in [-0.1, -0.05) is 145 Å². The average molecular weight is 754 g/mol. The number of nitrogens with zero attached hydrogens (tertiary/aromatic N) is 1. The van der Waals surface area contributed by atoms with Crippen molar-refractivity contribution in [2.45, 2.75) is 161 Å². The number of carbonyl (C=O) groups excluding carboxylic acids is 1. The Bertz CT molecular complexity index is 1050. The van der Waals surface area contributed by atoms with E-state index in [1.807, 2.05) is 45.4 Å². The third kappa shape index (κ3) is 35.2. The zero-order chi connectivity index (χ0) is 38.8. The molecular formula is C42H78N2O7P+. The maximum atomic E-state index is 12.8. The van der Waals surface area contributed by atoms with Gasteiger partial charge < -0.3 is 24.9 Å². The van der Waals surface area contributed by atoms with E-state index >= 15 is 0 Å². The number of allylic oxidation sites excluding steroid dienone is 8. The highest BCUT2D eigenvalue weighted by molar-refractivity contribution is 7.47. The summed E-state index contributed by atoms with van der Waals surface area (Å²) in [4.78, 5) is 23.0. The summed E-state index contributed by atoms with van der Waals surface area (Å²) in [7, 11) is 1.44. The van der Waals surface area contributed by atoms with Crippen LogP contribution in [0.1, 0.15) is 142 Å². The van der Waals surface area contributed by atoms with Crippen LogP contribution in [0, 0.1) is 0 Å². The van der Waals surface area contributed by atoms with Crippen molar-refractivity contribution < 1.29 is 38.0 Å². The van der Waals surface area contributed by atoms with Crippen LogP contribution in [0.3, 0.4) is 0 Å². The molecule has 4 N–H and O–H groups in total. The first-order chi connectivity index (χ1) is 24.9. The van der Waals surface area contributed by atoms with Crippen LogP contribution >= 0.6 is 7.82 Å². The van der Waals surface area contributed by atoms with Crippen molar-refractivity contribution in [1.82, 2.24) is 5.32 Å². The molecule has 0 aromatic rings. The van der Waals surface area contributed by atoms with Gasteiger partial charge in [0.1, 0.15) is 13.2 Å². The highest BCUT2D eigenvalue weighted by atomic mass is 31.2. The predicted molar refractivity (Wildman–Crippen MR) is 218 cm³/mol. The molecule has 10 heteroatoms. The van der Waals surface area contributed by atoms with Gasteiger partial charge in [0.25, 0.3) is 0 Å². The Labute approximate surface area is 318 Å². The molecule has 0 aliphatic rings. The minimum atomic E-state index is -4.39. The van der Waals surface area contributed by atoms with Crippen LogP contribution in [0.5, 0.6) is 0 Å². The Morgan fingerprint density at radius 2 is 1.27 bits per heavy atom. The van der Waals surface area contributed by atoms with Gasteiger partial charge in [-0.25, -0.2) is 4.57 Å². The van der Waals surface area contributed by atoms with Crippen molar-refractivity contribution in [2.24, 2.45) is 0 Å². The third-order valence-electron chi connectivity index (χ3n) is 8.59. The van der Waals surface area contributed by atoms with Crippen LogP contribution in [0.2, 0.25) is 0 Å². The number of rotatable bonds is 35. The number of phosphoric ester groups is 1. The number of aliphatic hydroxyl groups excluding tert-OH is 2. The fourth-order valence-electron chi connectivity index (χ4n) is 5.26. The summed E-state index contributed by atoms with van der Waals surface area (Å²) < 4.78 is 23.4. The topological polar surface area (TPSA) is 125 Å². The molecule has 0 aromatic carbocycles. The maximum absolute atomic E-state index is 12.8. The molecule has 1 unspecified atom stereocenters. The highest BCUT2D eigenvalue weighted by Gasteiger charge is 2.27. The summed E-state index contributed by atoms with van der Waals surface area (Å²) in [5.74, 6) is -0.340. The summed E-state index contributed by atoms with van der Waals surface area (Å²) in [6.45, 7) is 4.59. The molecular weight excluding hydrogens is 675 g/mol. The van der Waals surface area contributed by atoms with Crippen molar-refractivity contribution in [2.75, 3.05) is 40.9 Å². The lowest BCUT2D eigenvalue weighted by Crippen LogP contribution is -2.45. The Balaban J connectivity index is 4.73. The number of hydrogen-bond donors (Lipinski definition) is 4. The van der Waals surface area contributed by atoms with E-state index in [9.17, 15) is 24.5 Å². The van der Waals surface area contributed by atoms with Crippen molar-refractivity contribution >= 4 is 13.7 Å². The van der Waals surface area contributed by atoms with Gasteiger partial charge >= 0.3 is 7.82 Å².